The second kappa shape index (κ2) is 7.11. The zero-order valence-electron chi connectivity index (χ0n) is 16.4. The molecular formula is C25H17N5O. The molecule has 1 N–H and O–H groups in total. The highest BCUT2D eigenvalue weighted by Crippen LogP contribution is 2.29. The molecule has 0 aliphatic heterocycles. The summed E-state index contributed by atoms with van der Waals surface area (Å²) in [4.78, 5) is 4.69. The summed E-state index contributed by atoms with van der Waals surface area (Å²) in [6.07, 6.45) is 5.59. The minimum Gasteiger partial charge on any atom is -0.454 e. The van der Waals surface area contributed by atoms with Gasteiger partial charge in [0, 0.05) is 28.7 Å². The van der Waals surface area contributed by atoms with Crippen LogP contribution in [0.15, 0.2) is 101 Å². The maximum atomic E-state index is 6.09. The summed E-state index contributed by atoms with van der Waals surface area (Å²) in [5.74, 6) is 0.710. The lowest BCUT2D eigenvalue weighted by molar-refractivity contribution is 0.627. The van der Waals surface area contributed by atoms with E-state index in [-0.39, 0.29) is 0 Å². The molecule has 0 unspecified atom stereocenters. The van der Waals surface area contributed by atoms with E-state index in [4.69, 9.17) is 9.52 Å². The lowest BCUT2D eigenvalue weighted by Crippen LogP contribution is -1.93. The normalized spacial score (nSPS) is 11.7. The quantitative estimate of drug-likeness (QED) is 0.372. The van der Waals surface area contributed by atoms with Gasteiger partial charge in [-0.05, 0) is 42.5 Å². The third-order valence-corrected chi connectivity index (χ3v) is 5.20. The van der Waals surface area contributed by atoms with Gasteiger partial charge in [-0.3, -0.25) is 10.1 Å². The molecule has 3 aromatic heterocycles. The molecule has 6 rings (SSSR count). The number of aliphatic imine (C=N–C) groups is 1. The summed E-state index contributed by atoms with van der Waals surface area (Å²) >= 11 is 0. The molecule has 0 saturated carbocycles. The van der Waals surface area contributed by atoms with E-state index in [1.54, 1.807) is 6.20 Å². The van der Waals surface area contributed by atoms with Crippen molar-refractivity contribution < 1.29 is 4.42 Å². The maximum absolute atomic E-state index is 6.09. The SMILES string of the molecule is C(=Nc1ccc2cn[nH]c2c1)c1cn(-c2ccccc2)nc1-c1cc2ccccc2o1. The summed E-state index contributed by atoms with van der Waals surface area (Å²) in [6, 6.07) is 25.9. The van der Waals surface area contributed by atoms with Crippen LogP contribution in [-0.2, 0) is 0 Å². The van der Waals surface area contributed by atoms with Gasteiger partial charge in [-0.1, -0.05) is 36.4 Å². The second-order valence-electron chi connectivity index (χ2n) is 7.26. The number of hydrogen-bond acceptors (Lipinski definition) is 4. The van der Waals surface area contributed by atoms with Gasteiger partial charge in [0.15, 0.2) is 5.76 Å². The Hall–Kier alpha value is -4.45. The van der Waals surface area contributed by atoms with E-state index in [0.717, 1.165) is 44.5 Å². The third kappa shape index (κ3) is 3.20. The maximum Gasteiger partial charge on any atom is 0.156 e. The molecule has 3 aromatic carbocycles. The van der Waals surface area contributed by atoms with Gasteiger partial charge < -0.3 is 4.42 Å². The zero-order chi connectivity index (χ0) is 20.6. The van der Waals surface area contributed by atoms with Gasteiger partial charge in [0.05, 0.1) is 23.1 Å². The van der Waals surface area contributed by atoms with Crippen LogP contribution in [0.25, 0.3) is 39.0 Å². The van der Waals surface area contributed by atoms with Crippen LogP contribution in [0.3, 0.4) is 0 Å². The number of fused-ring (bicyclic) bond motifs is 2. The Bertz CT molecular complexity index is 1510. The van der Waals surface area contributed by atoms with Crippen LogP contribution in [0, 0.1) is 0 Å². The molecule has 6 heteroatoms. The number of aromatic nitrogens is 4. The summed E-state index contributed by atoms with van der Waals surface area (Å²) in [5, 5.41) is 14.0. The molecule has 0 spiro atoms. The van der Waals surface area contributed by atoms with Gasteiger partial charge in [0.25, 0.3) is 0 Å². The largest absolute Gasteiger partial charge is 0.454 e. The van der Waals surface area contributed by atoms with Crippen LogP contribution in [0.5, 0.6) is 0 Å². The van der Waals surface area contributed by atoms with E-state index in [1.165, 1.54) is 0 Å². The Morgan fingerprint density at radius 3 is 2.68 bits per heavy atom. The lowest BCUT2D eigenvalue weighted by atomic mass is 10.2. The molecule has 0 radical (unpaired) electrons. The van der Waals surface area contributed by atoms with Crippen LogP contribution < -0.4 is 0 Å². The first-order valence-corrected chi connectivity index (χ1v) is 9.95. The Kier molecular flexibility index (Phi) is 3.99. The number of aromatic amines is 1. The predicted octanol–water partition coefficient (Wildman–Crippen LogP) is 5.91. The molecule has 0 fully saturated rings. The highest BCUT2D eigenvalue weighted by atomic mass is 16.3. The summed E-state index contributed by atoms with van der Waals surface area (Å²) in [7, 11) is 0. The Balaban J connectivity index is 1.46. The molecule has 3 heterocycles. The first-order valence-electron chi connectivity index (χ1n) is 9.95. The number of hydrogen-bond donors (Lipinski definition) is 1. The van der Waals surface area contributed by atoms with E-state index in [1.807, 2.05) is 96.0 Å². The average molecular weight is 403 g/mol. The lowest BCUT2D eigenvalue weighted by Gasteiger charge is -1.98. The van der Waals surface area contributed by atoms with Crippen molar-refractivity contribution in [1.82, 2.24) is 20.0 Å². The van der Waals surface area contributed by atoms with Crippen molar-refractivity contribution in [3.05, 3.63) is 96.8 Å². The molecule has 31 heavy (non-hydrogen) atoms. The molecular weight excluding hydrogens is 386 g/mol. The molecule has 0 saturated heterocycles. The Labute approximate surface area is 177 Å². The van der Waals surface area contributed by atoms with E-state index in [0.29, 0.717) is 5.76 Å². The van der Waals surface area contributed by atoms with Crippen molar-refractivity contribution in [3.8, 4) is 17.1 Å². The smallest absolute Gasteiger partial charge is 0.156 e. The molecule has 0 bridgehead atoms. The second-order valence-corrected chi connectivity index (χ2v) is 7.26. The van der Waals surface area contributed by atoms with Crippen LogP contribution in [0.1, 0.15) is 5.56 Å². The highest BCUT2D eigenvalue weighted by Gasteiger charge is 2.15. The summed E-state index contributed by atoms with van der Waals surface area (Å²) < 4.78 is 7.94. The minimum atomic E-state index is 0.710. The van der Waals surface area contributed by atoms with E-state index in [2.05, 4.69) is 15.2 Å². The number of nitrogens with zero attached hydrogens (tertiary/aromatic N) is 4. The fourth-order valence-corrected chi connectivity index (χ4v) is 3.63. The molecule has 0 amide bonds. The minimum absolute atomic E-state index is 0.710. The molecule has 6 nitrogen and oxygen atoms in total. The van der Waals surface area contributed by atoms with Gasteiger partial charge >= 0.3 is 0 Å². The number of H-pyrrole nitrogens is 1. The number of para-hydroxylation sites is 2. The van der Waals surface area contributed by atoms with E-state index >= 15 is 0 Å². The van der Waals surface area contributed by atoms with Crippen molar-refractivity contribution in [2.45, 2.75) is 0 Å². The van der Waals surface area contributed by atoms with Crippen LogP contribution in [0.2, 0.25) is 0 Å². The summed E-state index contributed by atoms with van der Waals surface area (Å²) in [6.45, 7) is 0. The van der Waals surface area contributed by atoms with E-state index in [9.17, 15) is 0 Å². The highest BCUT2D eigenvalue weighted by molar-refractivity contribution is 5.92. The number of benzene rings is 3. The third-order valence-electron chi connectivity index (χ3n) is 5.20. The Morgan fingerprint density at radius 1 is 0.903 bits per heavy atom. The van der Waals surface area contributed by atoms with Crippen molar-refractivity contribution in [3.63, 3.8) is 0 Å². The van der Waals surface area contributed by atoms with Crippen molar-refractivity contribution in [2.75, 3.05) is 0 Å². The van der Waals surface area contributed by atoms with Crippen LogP contribution >= 0.6 is 0 Å². The number of nitrogens with one attached hydrogen (secondary N) is 1. The topological polar surface area (TPSA) is 72.0 Å². The summed E-state index contributed by atoms with van der Waals surface area (Å²) in [5.41, 5.74) is 5.20. The predicted molar refractivity (Wildman–Crippen MR) is 122 cm³/mol. The van der Waals surface area contributed by atoms with Crippen molar-refractivity contribution >= 4 is 33.8 Å². The Morgan fingerprint density at radius 2 is 1.77 bits per heavy atom. The molecule has 148 valence electrons. The van der Waals surface area contributed by atoms with E-state index < -0.39 is 0 Å². The zero-order valence-corrected chi connectivity index (χ0v) is 16.4. The first kappa shape index (κ1) is 17.4. The molecule has 0 aliphatic carbocycles. The van der Waals surface area contributed by atoms with Gasteiger partial charge in [0.1, 0.15) is 11.3 Å². The standard InChI is InChI=1S/C25H17N5O/c1-2-7-21(8-3-1)30-16-19(14-26-20-11-10-18-15-27-28-22(18)13-20)25(29-30)24-12-17-6-4-5-9-23(17)31-24/h1-16H,(H,27,28). The van der Waals surface area contributed by atoms with Gasteiger partial charge in [-0.15, -0.1) is 0 Å². The van der Waals surface area contributed by atoms with Crippen molar-refractivity contribution in [2.24, 2.45) is 4.99 Å². The van der Waals surface area contributed by atoms with Gasteiger partial charge in [-0.25, -0.2) is 4.68 Å². The first-order chi connectivity index (χ1) is 15.3. The number of furan rings is 1. The van der Waals surface area contributed by atoms with Crippen LogP contribution in [-0.4, -0.2) is 26.2 Å². The fourth-order valence-electron chi connectivity index (χ4n) is 3.63. The fraction of sp³-hybridized carbons (Fsp3) is 0. The monoisotopic (exact) mass is 403 g/mol. The molecule has 0 atom stereocenters. The number of rotatable bonds is 4. The molecule has 0 aliphatic rings. The van der Waals surface area contributed by atoms with Gasteiger partial charge in [-0.2, -0.15) is 10.2 Å². The van der Waals surface area contributed by atoms with Gasteiger partial charge in [0.2, 0.25) is 0 Å². The molecule has 6 aromatic rings. The van der Waals surface area contributed by atoms with Crippen LogP contribution in [0.4, 0.5) is 5.69 Å². The van der Waals surface area contributed by atoms with Crippen molar-refractivity contribution in [1.29, 1.82) is 0 Å². The average Bonchev–Trinajstić information content (AvgIpc) is 3.55.